The summed E-state index contributed by atoms with van der Waals surface area (Å²) >= 11 is 0. The number of rotatable bonds is 4. The van der Waals surface area contributed by atoms with E-state index < -0.39 is 0 Å². The van der Waals surface area contributed by atoms with Crippen LogP contribution >= 0.6 is 0 Å². The van der Waals surface area contributed by atoms with Crippen molar-refractivity contribution in [1.82, 2.24) is 19.9 Å². The second-order valence-corrected chi connectivity index (χ2v) is 5.83. The molecule has 22 heavy (non-hydrogen) atoms. The Morgan fingerprint density at radius 2 is 1.86 bits per heavy atom. The maximum atomic E-state index is 4.40. The van der Waals surface area contributed by atoms with E-state index >= 15 is 0 Å². The Labute approximate surface area is 131 Å². The van der Waals surface area contributed by atoms with Gasteiger partial charge >= 0.3 is 0 Å². The highest BCUT2D eigenvalue weighted by Crippen LogP contribution is 2.19. The number of anilines is 3. The van der Waals surface area contributed by atoms with Crippen molar-refractivity contribution in [3.05, 3.63) is 36.4 Å². The number of nitrogens with one attached hydrogen (secondary N) is 2. The van der Waals surface area contributed by atoms with Gasteiger partial charge in [-0.1, -0.05) is 0 Å². The monoisotopic (exact) mass is 298 g/mol. The topological polar surface area (TPSA) is 66.0 Å². The third-order valence-corrected chi connectivity index (χ3v) is 4.00. The Balaban J connectivity index is 1.59. The molecule has 3 rings (SSSR count). The maximum Gasteiger partial charge on any atom is 0.222 e. The van der Waals surface area contributed by atoms with Gasteiger partial charge in [0.25, 0.3) is 0 Å². The average Bonchev–Trinajstić information content (AvgIpc) is 2.54. The Bertz CT molecular complexity index is 604. The summed E-state index contributed by atoms with van der Waals surface area (Å²) in [6.45, 7) is 4.27. The van der Waals surface area contributed by atoms with Crippen molar-refractivity contribution in [2.24, 2.45) is 0 Å². The van der Waals surface area contributed by atoms with Crippen LogP contribution in [0.2, 0.25) is 0 Å². The second kappa shape index (κ2) is 6.70. The molecule has 0 atom stereocenters. The lowest BCUT2D eigenvalue weighted by Gasteiger charge is -2.29. The molecular formula is C16H22N6. The highest BCUT2D eigenvalue weighted by molar-refractivity contribution is 5.61. The van der Waals surface area contributed by atoms with E-state index in [1.54, 1.807) is 6.20 Å². The fourth-order valence-electron chi connectivity index (χ4n) is 2.57. The molecular weight excluding hydrogens is 276 g/mol. The van der Waals surface area contributed by atoms with Gasteiger partial charge in [0.15, 0.2) is 0 Å². The van der Waals surface area contributed by atoms with Gasteiger partial charge in [-0.3, -0.25) is 4.98 Å². The van der Waals surface area contributed by atoms with Crippen molar-refractivity contribution in [3.63, 3.8) is 0 Å². The first kappa shape index (κ1) is 14.7. The van der Waals surface area contributed by atoms with Crippen molar-refractivity contribution in [2.45, 2.75) is 25.8 Å². The van der Waals surface area contributed by atoms with Crippen molar-refractivity contribution in [1.29, 1.82) is 0 Å². The van der Waals surface area contributed by atoms with Gasteiger partial charge in [0.2, 0.25) is 5.95 Å². The maximum absolute atomic E-state index is 4.40. The molecule has 0 unspecified atom stereocenters. The lowest BCUT2D eigenvalue weighted by Crippen LogP contribution is -2.37. The normalized spacial score (nSPS) is 16.5. The van der Waals surface area contributed by atoms with Gasteiger partial charge in [-0.15, -0.1) is 0 Å². The molecule has 6 nitrogen and oxygen atoms in total. The van der Waals surface area contributed by atoms with Crippen LogP contribution in [-0.4, -0.2) is 46.0 Å². The van der Waals surface area contributed by atoms with Crippen molar-refractivity contribution in [2.75, 3.05) is 30.8 Å². The summed E-state index contributed by atoms with van der Waals surface area (Å²) in [6, 6.07) is 2.41. The zero-order chi connectivity index (χ0) is 15.4. The first-order valence-corrected chi connectivity index (χ1v) is 7.65. The third kappa shape index (κ3) is 3.71. The highest BCUT2D eigenvalue weighted by atomic mass is 15.2. The predicted octanol–water partition coefficient (Wildman–Crippen LogP) is 2.43. The molecule has 0 bridgehead atoms. The number of likely N-dealkylation sites (tertiary alicyclic amines) is 1. The first-order chi connectivity index (χ1) is 10.7. The number of hydrogen-bond acceptors (Lipinski definition) is 6. The van der Waals surface area contributed by atoms with Crippen LogP contribution in [0.5, 0.6) is 0 Å². The number of nitrogens with zero attached hydrogens (tertiary/aromatic N) is 4. The summed E-state index contributed by atoms with van der Waals surface area (Å²) < 4.78 is 0. The molecule has 2 aromatic heterocycles. The summed E-state index contributed by atoms with van der Waals surface area (Å²) in [6.07, 6.45) is 9.49. The van der Waals surface area contributed by atoms with Crippen LogP contribution in [0.15, 0.2) is 30.9 Å². The largest absolute Gasteiger partial charge is 0.353 e. The number of piperidine rings is 1. The van der Waals surface area contributed by atoms with Crippen molar-refractivity contribution >= 4 is 17.3 Å². The molecule has 1 saturated heterocycles. The number of hydrogen-bond donors (Lipinski definition) is 2. The van der Waals surface area contributed by atoms with Gasteiger partial charge in [-0.2, -0.15) is 0 Å². The van der Waals surface area contributed by atoms with Gasteiger partial charge in [0.1, 0.15) is 0 Å². The van der Waals surface area contributed by atoms with E-state index in [9.17, 15) is 0 Å². The molecule has 0 aliphatic carbocycles. The van der Waals surface area contributed by atoms with Gasteiger partial charge in [-0.25, -0.2) is 9.97 Å². The molecule has 0 radical (unpaired) electrons. The molecule has 2 aromatic rings. The molecule has 3 heterocycles. The Hall–Kier alpha value is -2.21. The molecule has 6 heteroatoms. The molecule has 0 aromatic carbocycles. The van der Waals surface area contributed by atoms with Crippen molar-refractivity contribution < 1.29 is 0 Å². The minimum absolute atomic E-state index is 0.470. The molecule has 0 saturated carbocycles. The predicted molar refractivity (Wildman–Crippen MR) is 88.4 cm³/mol. The fraction of sp³-hybridized carbons (Fsp3) is 0.438. The molecule has 2 N–H and O–H groups in total. The van der Waals surface area contributed by atoms with E-state index in [0.717, 1.165) is 42.9 Å². The Morgan fingerprint density at radius 1 is 1.14 bits per heavy atom. The number of pyridine rings is 1. The van der Waals surface area contributed by atoms with E-state index in [-0.39, 0.29) is 0 Å². The summed E-state index contributed by atoms with van der Waals surface area (Å²) in [5.74, 6) is 0.701. The highest BCUT2D eigenvalue weighted by Gasteiger charge is 2.16. The third-order valence-electron chi connectivity index (χ3n) is 4.00. The molecule has 1 aliphatic heterocycles. The van der Waals surface area contributed by atoms with E-state index in [4.69, 9.17) is 0 Å². The summed E-state index contributed by atoms with van der Waals surface area (Å²) in [5, 5.41) is 6.73. The summed E-state index contributed by atoms with van der Waals surface area (Å²) in [5.41, 5.74) is 2.99. The van der Waals surface area contributed by atoms with Gasteiger partial charge in [0, 0.05) is 24.1 Å². The van der Waals surface area contributed by atoms with E-state index in [1.807, 2.05) is 31.6 Å². The lowest BCUT2D eigenvalue weighted by molar-refractivity contribution is 0.263. The second-order valence-electron chi connectivity index (χ2n) is 5.83. The van der Waals surface area contributed by atoms with Crippen molar-refractivity contribution in [3.8, 4) is 0 Å². The fourth-order valence-corrected chi connectivity index (χ4v) is 2.57. The minimum Gasteiger partial charge on any atom is -0.353 e. The van der Waals surface area contributed by atoms with E-state index in [2.05, 4.69) is 37.5 Å². The standard InChI is InChI=1S/C16H22N6/c1-12-9-17-6-3-15(12)20-14-10-18-16(19-11-14)21-13-4-7-22(2)8-5-13/h3,6,9-11,13H,4-5,7-8H2,1-2H3,(H,17,20)(H,18,19,21). The van der Waals surface area contributed by atoms with Crippen LogP contribution in [-0.2, 0) is 0 Å². The van der Waals surface area contributed by atoms with Crippen LogP contribution in [0.4, 0.5) is 17.3 Å². The first-order valence-electron chi connectivity index (χ1n) is 7.65. The zero-order valence-electron chi connectivity index (χ0n) is 13.1. The van der Waals surface area contributed by atoms with Crippen LogP contribution in [0.1, 0.15) is 18.4 Å². The molecule has 1 aliphatic rings. The Morgan fingerprint density at radius 3 is 2.55 bits per heavy atom. The Kier molecular flexibility index (Phi) is 4.48. The molecule has 116 valence electrons. The van der Waals surface area contributed by atoms with Crippen LogP contribution in [0, 0.1) is 6.92 Å². The van der Waals surface area contributed by atoms with E-state index in [0.29, 0.717) is 12.0 Å². The molecule has 1 fully saturated rings. The van der Waals surface area contributed by atoms with Crippen LogP contribution in [0.3, 0.4) is 0 Å². The minimum atomic E-state index is 0.470. The average molecular weight is 298 g/mol. The quantitative estimate of drug-likeness (QED) is 0.904. The lowest BCUT2D eigenvalue weighted by atomic mass is 10.1. The number of aromatic nitrogens is 3. The molecule has 0 spiro atoms. The SMILES string of the molecule is Cc1cnccc1Nc1cnc(NC2CCN(C)CC2)nc1. The van der Waals surface area contributed by atoms with Crippen LogP contribution in [0.25, 0.3) is 0 Å². The van der Waals surface area contributed by atoms with Crippen LogP contribution < -0.4 is 10.6 Å². The van der Waals surface area contributed by atoms with Gasteiger partial charge in [-0.05, 0) is 51.5 Å². The molecule has 0 amide bonds. The van der Waals surface area contributed by atoms with Gasteiger partial charge in [0.05, 0.1) is 18.1 Å². The zero-order valence-corrected chi connectivity index (χ0v) is 13.1. The van der Waals surface area contributed by atoms with Gasteiger partial charge < -0.3 is 15.5 Å². The smallest absolute Gasteiger partial charge is 0.222 e. The summed E-state index contributed by atoms with van der Waals surface area (Å²) in [4.78, 5) is 15.2. The number of aryl methyl sites for hydroxylation is 1. The summed E-state index contributed by atoms with van der Waals surface area (Å²) in [7, 11) is 2.16. The van der Waals surface area contributed by atoms with E-state index in [1.165, 1.54) is 0 Å².